The lowest BCUT2D eigenvalue weighted by Gasteiger charge is -2.36. The number of amides is 3. The van der Waals surface area contributed by atoms with Crippen LogP contribution in [0.1, 0.15) is 40.5 Å². The lowest BCUT2D eigenvalue weighted by atomic mass is 9.85. The van der Waals surface area contributed by atoms with E-state index in [0.29, 0.717) is 19.4 Å². The van der Waals surface area contributed by atoms with E-state index in [1.807, 2.05) is 0 Å². The molecule has 15 heteroatoms. The molecule has 0 aliphatic carbocycles. The molecule has 0 radical (unpaired) electrons. The van der Waals surface area contributed by atoms with Gasteiger partial charge in [0.15, 0.2) is 17.5 Å². The number of likely N-dealkylation sites (N-methyl/N-ethyl adjacent to an activating group) is 1. The number of methoxy groups -OCH3 is 1. The zero-order chi connectivity index (χ0) is 32.3. The average molecular weight is 652 g/mol. The minimum Gasteiger partial charge on any atom is -0.494 e. The van der Waals surface area contributed by atoms with Crippen LogP contribution in [0.2, 0.25) is 0 Å². The van der Waals surface area contributed by atoms with Crippen LogP contribution in [0, 0.1) is 22.9 Å². The summed E-state index contributed by atoms with van der Waals surface area (Å²) in [5.74, 6) is -6.07. The summed E-state index contributed by atoms with van der Waals surface area (Å²) in [7, 11) is 2.97. The van der Waals surface area contributed by atoms with Crippen LogP contribution in [0.4, 0.5) is 30.4 Å². The van der Waals surface area contributed by atoms with Gasteiger partial charge in [0, 0.05) is 11.5 Å². The van der Waals surface area contributed by atoms with Crippen LogP contribution in [0.3, 0.4) is 0 Å². The van der Waals surface area contributed by atoms with Gasteiger partial charge in [0.2, 0.25) is 5.91 Å². The SMILES string of the molecule is CN[C@@H](C)C(=O)N[C@H](C(=O)N(C(=O)[C@@H]1CCCN1)c1cc2c(Nc3ccc(F)c(F)c3F)ncnc2cc1OC)C(C)(C)C.Cl. The van der Waals surface area contributed by atoms with Gasteiger partial charge in [-0.2, -0.15) is 0 Å². The fraction of sp³-hybridized carbons (Fsp3) is 0.433. The molecule has 1 fully saturated rings. The maximum absolute atomic E-state index is 14.6. The zero-order valence-corrected chi connectivity index (χ0v) is 26.6. The van der Waals surface area contributed by atoms with E-state index in [1.165, 1.54) is 25.6 Å². The highest BCUT2D eigenvalue weighted by Crippen LogP contribution is 2.38. The molecule has 0 saturated carbocycles. The molecule has 1 aliphatic heterocycles. The summed E-state index contributed by atoms with van der Waals surface area (Å²) in [6.07, 6.45) is 2.37. The fourth-order valence-electron chi connectivity index (χ4n) is 4.83. The van der Waals surface area contributed by atoms with E-state index in [4.69, 9.17) is 4.74 Å². The van der Waals surface area contributed by atoms with Crippen molar-refractivity contribution in [3.8, 4) is 5.75 Å². The normalized spacial score (nSPS) is 16.0. The quantitative estimate of drug-likeness (QED) is 0.253. The molecule has 0 unspecified atom stereocenters. The maximum atomic E-state index is 14.6. The van der Waals surface area contributed by atoms with E-state index < -0.39 is 64.4 Å². The van der Waals surface area contributed by atoms with Gasteiger partial charge >= 0.3 is 0 Å². The highest BCUT2D eigenvalue weighted by molar-refractivity contribution is 6.20. The molecule has 3 atom stereocenters. The van der Waals surface area contributed by atoms with Gasteiger partial charge in [-0.05, 0) is 57.0 Å². The molecule has 2 heterocycles. The number of benzene rings is 2. The number of carbonyl (C=O) groups excluding carboxylic acids is 3. The number of hydrogen-bond acceptors (Lipinski definition) is 9. The van der Waals surface area contributed by atoms with Crippen molar-refractivity contribution in [3.63, 3.8) is 0 Å². The van der Waals surface area contributed by atoms with Crippen molar-refractivity contribution in [3.05, 3.63) is 48.0 Å². The van der Waals surface area contributed by atoms with Gasteiger partial charge in [0.1, 0.15) is 23.9 Å². The highest BCUT2D eigenvalue weighted by Gasteiger charge is 2.42. The molecule has 3 amide bonds. The Morgan fingerprint density at radius 1 is 1.11 bits per heavy atom. The lowest BCUT2D eigenvalue weighted by Crippen LogP contribution is -2.60. The monoisotopic (exact) mass is 651 g/mol. The number of halogens is 4. The molecule has 4 N–H and O–H groups in total. The van der Waals surface area contributed by atoms with Crippen molar-refractivity contribution < 1.29 is 32.3 Å². The van der Waals surface area contributed by atoms with Gasteiger partial charge in [0.05, 0.1) is 36.1 Å². The van der Waals surface area contributed by atoms with E-state index in [0.717, 1.165) is 17.0 Å². The standard InChI is InChI=1S/C30H36F3N7O4.ClH/c1-15(34-5)27(41)39-25(30(2,3)4)29(43)40(28(42)19-8-7-11-35-19)21-12-16-20(13-22(21)44-6)36-14-37-26(16)38-18-10-9-17(31)23(32)24(18)33;/h9-10,12-15,19,25,34-35H,7-8,11H2,1-6H3,(H,39,41)(H,36,37,38);1H/t15-,19-,25+;/m0./s1. The Bertz CT molecular complexity index is 1580. The van der Waals surface area contributed by atoms with Crippen molar-refractivity contribution in [1.82, 2.24) is 25.9 Å². The van der Waals surface area contributed by atoms with Crippen molar-refractivity contribution >= 4 is 58.2 Å². The van der Waals surface area contributed by atoms with Crippen LogP contribution in [0.5, 0.6) is 5.75 Å². The van der Waals surface area contributed by atoms with E-state index in [-0.39, 0.29) is 40.6 Å². The second-order valence-electron chi connectivity index (χ2n) is 11.6. The molecular formula is C30H37ClF3N7O4. The largest absolute Gasteiger partial charge is 0.494 e. The number of hydrogen-bond donors (Lipinski definition) is 4. The molecule has 4 rings (SSSR count). The fourth-order valence-corrected chi connectivity index (χ4v) is 4.83. The summed E-state index contributed by atoms with van der Waals surface area (Å²) in [5, 5.41) is 11.6. The van der Waals surface area contributed by atoms with Gasteiger partial charge in [-0.25, -0.2) is 28.0 Å². The van der Waals surface area contributed by atoms with Gasteiger partial charge in [0.25, 0.3) is 11.8 Å². The highest BCUT2D eigenvalue weighted by atomic mass is 35.5. The molecule has 244 valence electrons. The van der Waals surface area contributed by atoms with Crippen molar-refractivity contribution in [2.24, 2.45) is 5.41 Å². The van der Waals surface area contributed by atoms with Crippen LogP contribution < -0.4 is 30.9 Å². The minimum absolute atomic E-state index is 0. The summed E-state index contributed by atoms with van der Waals surface area (Å²) in [6, 6.07) is 2.23. The number of rotatable bonds is 9. The smallest absolute Gasteiger partial charge is 0.257 e. The zero-order valence-electron chi connectivity index (χ0n) is 25.8. The van der Waals surface area contributed by atoms with E-state index in [1.54, 1.807) is 34.7 Å². The Labute approximate surface area is 265 Å². The Balaban J connectivity index is 0.00000552. The summed E-state index contributed by atoms with van der Waals surface area (Å²) in [4.78, 5) is 50.8. The first-order valence-corrected chi connectivity index (χ1v) is 14.1. The Hall–Kier alpha value is -4.01. The number of fused-ring (bicyclic) bond motifs is 1. The van der Waals surface area contributed by atoms with E-state index in [9.17, 15) is 27.6 Å². The van der Waals surface area contributed by atoms with Crippen molar-refractivity contribution in [2.45, 2.75) is 58.7 Å². The van der Waals surface area contributed by atoms with Crippen molar-refractivity contribution in [1.29, 1.82) is 0 Å². The van der Waals surface area contributed by atoms with Crippen LogP contribution in [0.25, 0.3) is 10.9 Å². The van der Waals surface area contributed by atoms with E-state index >= 15 is 0 Å². The summed E-state index contributed by atoms with van der Waals surface area (Å²) < 4.78 is 47.7. The first-order valence-electron chi connectivity index (χ1n) is 14.1. The maximum Gasteiger partial charge on any atom is 0.257 e. The molecule has 11 nitrogen and oxygen atoms in total. The lowest BCUT2D eigenvalue weighted by molar-refractivity contribution is -0.134. The first kappa shape index (κ1) is 35.5. The third-order valence-corrected chi connectivity index (χ3v) is 7.49. The Kier molecular flexibility index (Phi) is 11.3. The molecule has 1 aliphatic rings. The summed E-state index contributed by atoms with van der Waals surface area (Å²) in [5.41, 5.74) is -0.910. The number of aromatic nitrogens is 2. The van der Waals surface area contributed by atoms with Gasteiger partial charge < -0.3 is 26.0 Å². The molecule has 3 aromatic rings. The van der Waals surface area contributed by atoms with E-state index in [2.05, 4.69) is 31.2 Å². The first-order chi connectivity index (χ1) is 20.8. The molecule has 0 bridgehead atoms. The second kappa shape index (κ2) is 14.4. The third kappa shape index (κ3) is 7.45. The number of carbonyl (C=O) groups is 3. The second-order valence-corrected chi connectivity index (χ2v) is 11.6. The molecule has 1 aromatic heterocycles. The molecular weight excluding hydrogens is 615 g/mol. The molecule has 45 heavy (non-hydrogen) atoms. The molecule has 0 spiro atoms. The van der Waals surface area contributed by atoms with Crippen molar-refractivity contribution in [2.75, 3.05) is 30.9 Å². The predicted molar refractivity (Wildman–Crippen MR) is 166 cm³/mol. The number of anilines is 3. The Morgan fingerprint density at radius 3 is 2.42 bits per heavy atom. The topological polar surface area (TPSA) is 138 Å². The average Bonchev–Trinajstić information content (AvgIpc) is 3.54. The minimum atomic E-state index is -1.66. The van der Waals surface area contributed by atoms with Gasteiger partial charge in [-0.15, -0.1) is 12.4 Å². The number of imide groups is 1. The van der Waals surface area contributed by atoms with Crippen LogP contribution in [-0.4, -0.2) is 66.5 Å². The summed E-state index contributed by atoms with van der Waals surface area (Å²) >= 11 is 0. The molecule has 2 aromatic carbocycles. The number of ether oxygens (including phenoxy) is 1. The van der Waals surface area contributed by atoms with Crippen LogP contribution in [0.15, 0.2) is 30.6 Å². The van der Waals surface area contributed by atoms with Crippen LogP contribution >= 0.6 is 12.4 Å². The predicted octanol–water partition coefficient (Wildman–Crippen LogP) is 3.97. The number of nitrogens with one attached hydrogen (secondary N) is 4. The van der Waals surface area contributed by atoms with Gasteiger partial charge in [-0.1, -0.05) is 20.8 Å². The van der Waals surface area contributed by atoms with Crippen LogP contribution in [-0.2, 0) is 14.4 Å². The van der Waals surface area contributed by atoms with Gasteiger partial charge in [-0.3, -0.25) is 14.4 Å². The number of nitrogens with zero attached hydrogens (tertiary/aromatic N) is 3. The molecule has 1 saturated heterocycles. The Morgan fingerprint density at radius 2 is 1.82 bits per heavy atom. The third-order valence-electron chi connectivity index (χ3n) is 7.49. The summed E-state index contributed by atoms with van der Waals surface area (Å²) in [6.45, 7) is 7.51.